The number of hydrogen-bond acceptors (Lipinski definition) is 2. The van der Waals surface area contributed by atoms with Crippen LogP contribution in [0.25, 0.3) is 0 Å². The van der Waals surface area contributed by atoms with Gasteiger partial charge in [0, 0.05) is 24.2 Å². The van der Waals surface area contributed by atoms with Gasteiger partial charge in [-0.15, -0.1) is 0 Å². The largest absolute Gasteiger partial charge is 0.342 e. The topological polar surface area (TPSA) is 32.3 Å². The van der Waals surface area contributed by atoms with E-state index in [1.165, 1.54) is 0 Å². The molecule has 0 aromatic heterocycles. The van der Waals surface area contributed by atoms with E-state index in [4.69, 9.17) is 11.6 Å². The molecule has 0 saturated carbocycles. The van der Waals surface area contributed by atoms with Gasteiger partial charge in [0.25, 0.3) is 0 Å². The predicted molar refractivity (Wildman–Crippen MR) is 75.8 cm³/mol. The van der Waals surface area contributed by atoms with Crippen molar-refractivity contribution in [3.05, 3.63) is 34.9 Å². The first-order chi connectivity index (χ1) is 8.43. The second kappa shape index (κ2) is 6.76. The Morgan fingerprint density at radius 2 is 1.94 bits per heavy atom. The minimum atomic E-state index is 0.0585. The third kappa shape index (κ3) is 4.00. The Labute approximate surface area is 114 Å². The Balaban J connectivity index is 2.54. The van der Waals surface area contributed by atoms with Crippen LogP contribution in [0.4, 0.5) is 0 Å². The number of carbonyl (C=O) groups excluding carboxylic acids is 1. The summed E-state index contributed by atoms with van der Waals surface area (Å²) in [4.78, 5) is 13.6. The number of nitrogens with one attached hydrogen (secondary N) is 1. The normalized spacial score (nSPS) is 12.6. The van der Waals surface area contributed by atoms with Crippen LogP contribution in [0.5, 0.6) is 0 Å². The van der Waals surface area contributed by atoms with Gasteiger partial charge in [0.1, 0.15) is 0 Å². The zero-order valence-electron chi connectivity index (χ0n) is 11.4. The van der Waals surface area contributed by atoms with E-state index < -0.39 is 0 Å². The summed E-state index contributed by atoms with van der Waals surface area (Å²) >= 11 is 6.11. The molecular weight excluding hydrogens is 248 g/mol. The molecule has 3 nitrogen and oxygen atoms in total. The van der Waals surface area contributed by atoms with Crippen LogP contribution in [-0.2, 0) is 4.79 Å². The summed E-state index contributed by atoms with van der Waals surface area (Å²) in [5.74, 6) is 0.0869. The highest BCUT2D eigenvalue weighted by Crippen LogP contribution is 2.21. The lowest BCUT2D eigenvalue weighted by Crippen LogP contribution is -2.40. The third-order valence-electron chi connectivity index (χ3n) is 3.10. The fourth-order valence-electron chi connectivity index (χ4n) is 1.59. The summed E-state index contributed by atoms with van der Waals surface area (Å²) in [5, 5.41) is 3.92. The number of amides is 1. The number of benzene rings is 1. The van der Waals surface area contributed by atoms with Crippen molar-refractivity contribution < 1.29 is 4.79 Å². The highest BCUT2D eigenvalue weighted by molar-refractivity contribution is 6.31. The molecule has 1 atom stereocenters. The molecule has 0 spiro atoms. The number of carbonyl (C=O) groups is 1. The molecule has 1 rings (SSSR count). The fourth-order valence-corrected chi connectivity index (χ4v) is 1.89. The minimum Gasteiger partial charge on any atom is -0.342 e. The summed E-state index contributed by atoms with van der Waals surface area (Å²) in [6.45, 7) is 6.32. The number of rotatable bonds is 5. The molecule has 0 aliphatic carbocycles. The standard InChI is InChI=1S/C14H21ClN2O/c1-10(2)17(4)14(18)9-16-11(3)12-7-5-6-8-13(12)15/h5-8,10-11,16H,9H2,1-4H3. The van der Waals surface area contributed by atoms with Gasteiger partial charge in [-0.2, -0.15) is 0 Å². The van der Waals surface area contributed by atoms with Crippen LogP contribution < -0.4 is 5.32 Å². The maximum Gasteiger partial charge on any atom is 0.236 e. The molecule has 100 valence electrons. The van der Waals surface area contributed by atoms with Gasteiger partial charge in [-0.3, -0.25) is 4.79 Å². The Hall–Kier alpha value is -1.06. The Bertz CT molecular complexity index is 407. The average molecular weight is 269 g/mol. The first-order valence-electron chi connectivity index (χ1n) is 6.17. The van der Waals surface area contributed by atoms with Gasteiger partial charge in [0.2, 0.25) is 5.91 Å². The molecule has 0 aliphatic rings. The van der Waals surface area contributed by atoms with Crippen molar-refractivity contribution in [2.75, 3.05) is 13.6 Å². The van der Waals surface area contributed by atoms with E-state index in [2.05, 4.69) is 5.32 Å². The quantitative estimate of drug-likeness (QED) is 0.891. The second-order valence-corrected chi connectivity index (χ2v) is 5.13. The van der Waals surface area contributed by atoms with Gasteiger partial charge in [-0.1, -0.05) is 29.8 Å². The van der Waals surface area contributed by atoms with Crippen LogP contribution in [0.15, 0.2) is 24.3 Å². The van der Waals surface area contributed by atoms with Crippen molar-refractivity contribution in [3.8, 4) is 0 Å². The van der Waals surface area contributed by atoms with E-state index in [0.29, 0.717) is 6.54 Å². The zero-order valence-corrected chi connectivity index (χ0v) is 12.2. The average Bonchev–Trinajstić information content (AvgIpc) is 2.35. The molecule has 0 heterocycles. The third-order valence-corrected chi connectivity index (χ3v) is 3.44. The summed E-state index contributed by atoms with van der Waals surface area (Å²) in [6, 6.07) is 7.95. The van der Waals surface area contributed by atoms with E-state index in [1.807, 2.05) is 52.1 Å². The molecule has 1 aromatic carbocycles. The molecule has 0 aliphatic heterocycles. The molecule has 1 aromatic rings. The van der Waals surface area contributed by atoms with Crippen molar-refractivity contribution in [2.45, 2.75) is 32.9 Å². The van der Waals surface area contributed by atoms with Crippen molar-refractivity contribution in [3.63, 3.8) is 0 Å². The van der Waals surface area contributed by atoms with E-state index in [9.17, 15) is 4.79 Å². The van der Waals surface area contributed by atoms with Crippen molar-refractivity contribution in [1.82, 2.24) is 10.2 Å². The highest BCUT2D eigenvalue weighted by atomic mass is 35.5. The maximum absolute atomic E-state index is 11.8. The Morgan fingerprint density at radius 1 is 1.33 bits per heavy atom. The molecule has 4 heteroatoms. The number of nitrogens with zero attached hydrogens (tertiary/aromatic N) is 1. The molecule has 0 bridgehead atoms. The lowest BCUT2D eigenvalue weighted by molar-refractivity contribution is -0.130. The van der Waals surface area contributed by atoms with Crippen LogP contribution >= 0.6 is 11.6 Å². The lowest BCUT2D eigenvalue weighted by atomic mass is 10.1. The SMILES string of the molecule is CC(NCC(=O)N(C)C(C)C)c1ccccc1Cl. The highest BCUT2D eigenvalue weighted by Gasteiger charge is 2.14. The monoisotopic (exact) mass is 268 g/mol. The van der Waals surface area contributed by atoms with E-state index in [-0.39, 0.29) is 18.0 Å². The fraction of sp³-hybridized carbons (Fsp3) is 0.500. The smallest absolute Gasteiger partial charge is 0.236 e. The molecular formula is C14H21ClN2O. The maximum atomic E-state index is 11.8. The minimum absolute atomic E-state index is 0.0585. The van der Waals surface area contributed by atoms with Gasteiger partial charge in [-0.05, 0) is 32.4 Å². The molecule has 0 fully saturated rings. The van der Waals surface area contributed by atoms with Crippen LogP contribution in [0, 0.1) is 0 Å². The molecule has 1 N–H and O–H groups in total. The van der Waals surface area contributed by atoms with Crippen LogP contribution in [-0.4, -0.2) is 30.4 Å². The van der Waals surface area contributed by atoms with Crippen molar-refractivity contribution >= 4 is 17.5 Å². The van der Waals surface area contributed by atoms with Crippen LogP contribution in [0.3, 0.4) is 0 Å². The molecule has 0 saturated heterocycles. The van der Waals surface area contributed by atoms with E-state index in [0.717, 1.165) is 10.6 Å². The second-order valence-electron chi connectivity index (χ2n) is 4.72. The molecule has 18 heavy (non-hydrogen) atoms. The lowest BCUT2D eigenvalue weighted by Gasteiger charge is -2.23. The van der Waals surface area contributed by atoms with Gasteiger partial charge < -0.3 is 10.2 Å². The van der Waals surface area contributed by atoms with Gasteiger partial charge in [0.15, 0.2) is 0 Å². The zero-order chi connectivity index (χ0) is 13.7. The van der Waals surface area contributed by atoms with Crippen molar-refractivity contribution in [1.29, 1.82) is 0 Å². The Morgan fingerprint density at radius 3 is 2.50 bits per heavy atom. The van der Waals surface area contributed by atoms with Gasteiger partial charge in [0.05, 0.1) is 6.54 Å². The number of likely N-dealkylation sites (N-methyl/N-ethyl adjacent to an activating group) is 1. The number of hydrogen-bond donors (Lipinski definition) is 1. The van der Waals surface area contributed by atoms with Crippen LogP contribution in [0.2, 0.25) is 5.02 Å². The van der Waals surface area contributed by atoms with E-state index >= 15 is 0 Å². The predicted octanol–water partition coefficient (Wildman–Crippen LogP) is 2.86. The molecule has 1 unspecified atom stereocenters. The van der Waals surface area contributed by atoms with Gasteiger partial charge >= 0.3 is 0 Å². The summed E-state index contributed by atoms with van der Waals surface area (Å²) in [7, 11) is 1.81. The summed E-state index contributed by atoms with van der Waals surface area (Å²) < 4.78 is 0. The van der Waals surface area contributed by atoms with Crippen LogP contribution in [0.1, 0.15) is 32.4 Å². The summed E-state index contributed by atoms with van der Waals surface area (Å²) in [6.07, 6.45) is 0. The molecule has 0 radical (unpaired) electrons. The first-order valence-corrected chi connectivity index (χ1v) is 6.54. The number of halogens is 1. The van der Waals surface area contributed by atoms with E-state index in [1.54, 1.807) is 4.90 Å². The summed E-state index contributed by atoms with van der Waals surface area (Å²) in [5.41, 5.74) is 1.01. The Kier molecular flexibility index (Phi) is 5.63. The first kappa shape index (κ1) is 15.0. The van der Waals surface area contributed by atoms with Gasteiger partial charge in [-0.25, -0.2) is 0 Å². The van der Waals surface area contributed by atoms with Crippen molar-refractivity contribution in [2.24, 2.45) is 0 Å². The molecule has 1 amide bonds.